The molecule has 7 nitrogen and oxygen atoms in total. The number of hydrogen-bond donors (Lipinski definition) is 0. The maximum atomic E-state index is 11.6. The third-order valence-electron chi connectivity index (χ3n) is 4.10. The molecule has 0 saturated carbocycles. The van der Waals surface area contributed by atoms with E-state index in [1.807, 2.05) is 4.90 Å². The molecule has 0 aromatic carbocycles. The topological polar surface area (TPSA) is 81.6 Å². The van der Waals surface area contributed by atoms with Gasteiger partial charge in [0.2, 0.25) is 11.8 Å². The van der Waals surface area contributed by atoms with Crippen LogP contribution in [0.3, 0.4) is 0 Å². The molecule has 3 heterocycles. The van der Waals surface area contributed by atoms with Crippen molar-refractivity contribution in [3.8, 4) is 5.88 Å². The predicted octanol–water partition coefficient (Wildman–Crippen LogP) is 0.269. The van der Waals surface area contributed by atoms with Crippen molar-refractivity contribution in [2.45, 2.75) is 18.4 Å². The summed E-state index contributed by atoms with van der Waals surface area (Å²) in [6.45, 7) is 1.87. The number of ether oxygens (including phenoxy) is 2. The smallest absolute Gasteiger partial charge is 0.228 e. The summed E-state index contributed by atoms with van der Waals surface area (Å²) in [5.41, 5.74) is -0.393. The largest absolute Gasteiger partial charge is 0.481 e. The summed E-state index contributed by atoms with van der Waals surface area (Å²) >= 11 is 0. The fraction of sp³-hybridized carbons (Fsp3) is 0.692. The van der Waals surface area contributed by atoms with Gasteiger partial charge in [0.15, 0.2) is 9.84 Å². The van der Waals surface area contributed by atoms with Crippen molar-refractivity contribution in [1.29, 1.82) is 0 Å². The van der Waals surface area contributed by atoms with E-state index >= 15 is 0 Å². The Bertz CT molecular complexity index is 606. The lowest BCUT2D eigenvalue weighted by atomic mass is 9.94. The van der Waals surface area contributed by atoms with E-state index in [-0.39, 0.29) is 11.5 Å². The Kier molecular flexibility index (Phi) is 3.75. The van der Waals surface area contributed by atoms with Crippen LogP contribution in [0.4, 0.5) is 5.95 Å². The number of methoxy groups -OCH3 is 1. The van der Waals surface area contributed by atoms with Gasteiger partial charge >= 0.3 is 0 Å². The molecule has 2 saturated heterocycles. The number of nitrogens with zero attached hydrogens (tertiary/aromatic N) is 3. The molecule has 21 heavy (non-hydrogen) atoms. The first-order valence-corrected chi connectivity index (χ1v) is 8.80. The highest BCUT2D eigenvalue weighted by Gasteiger charge is 2.42. The molecule has 2 aliphatic heterocycles. The average Bonchev–Trinajstić information content (AvgIpc) is 2.51. The van der Waals surface area contributed by atoms with Gasteiger partial charge in [0, 0.05) is 18.8 Å². The monoisotopic (exact) mass is 313 g/mol. The highest BCUT2D eigenvalue weighted by molar-refractivity contribution is 7.91. The maximum Gasteiger partial charge on any atom is 0.228 e. The van der Waals surface area contributed by atoms with Crippen molar-refractivity contribution in [2.75, 3.05) is 43.2 Å². The van der Waals surface area contributed by atoms with Crippen molar-refractivity contribution in [3.63, 3.8) is 0 Å². The van der Waals surface area contributed by atoms with Gasteiger partial charge in [0.1, 0.15) is 0 Å². The van der Waals surface area contributed by atoms with E-state index in [2.05, 4.69) is 9.97 Å². The number of aromatic nitrogens is 2. The normalized spacial score (nSPS) is 24.0. The summed E-state index contributed by atoms with van der Waals surface area (Å²) in [6.07, 6.45) is 2.74. The molecule has 0 amide bonds. The van der Waals surface area contributed by atoms with Crippen molar-refractivity contribution >= 4 is 15.8 Å². The van der Waals surface area contributed by atoms with Crippen LogP contribution in [0, 0.1) is 0 Å². The van der Waals surface area contributed by atoms with E-state index in [0.717, 1.165) is 0 Å². The summed E-state index contributed by atoms with van der Waals surface area (Å²) in [7, 11) is -1.33. The van der Waals surface area contributed by atoms with Crippen molar-refractivity contribution in [3.05, 3.63) is 12.3 Å². The molecule has 0 N–H and O–H groups in total. The minimum Gasteiger partial charge on any atom is -0.481 e. The second kappa shape index (κ2) is 5.42. The number of hydrogen-bond acceptors (Lipinski definition) is 7. The molecule has 2 fully saturated rings. The summed E-state index contributed by atoms with van der Waals surface area (Å²) in [5.74, 6) is 1.51. The molecule has 1 aromatic rings. The first-order chi connectivity index (χ1) is 10.0. The molecule has 0 bridgehead atoms. The highest BCUT2D eigenvalue weighted by atomic mass is 32.2. The van der Waals surface area contributed by atoms with Crippen molar-refractivity contribution < 1.29 is 17.9 Å². The number of sulfone groups is 1. The minimum atomic E-state index is -2.90. The summed E-state index contributed by atoms with van der Waals surface area (Å²) in [6, 6.07) is 1.70. The fourth-order valence-corrected chi connectivity index (χ4v) is 4.40. The molecule has 0 radical (unpaired) electrons. The second-order valence-electron chi connectivity index (χ2n) is 5.50. The highest BCUT2D eigenvalue weighted by Crippen LogP contribution is 2.32. The minimum absolute atomic E-state index is 0.194. The number of rotatable bonds is 2. The number of morpholine rings is 1. The molecule has 2 aliphatic rings. The van der Waals surface area contributed by atoms with Gasteiger partial charge in [-0.05, 0) is 12.8 Å². The molecular weight excluding hydrogens is 294 g/mol. The van der Waals surface area contributed by atoms with Gasteiger partial charge in [0.05, 0.1) is 37.4 Å². The van der Waals surface area contributed by atoms with E-state index in [9.17, 15) is 8.42 Å². The Labute approximate surface area is 124 Å². The molecule has 3 rings (SSSR count). The molecular formula is C13H19N3O4S. The van der Waals surface area contributed by atoms with Crippen LogP contribution in [0.15, 0.2) is 12.3 Å². The quantitative estimate of drug-likeness (QED) is 0.775. The lowest BCUT2D eigenvalue weighted by Crippen LogP contribution is -2.55. The van der Waals surface area contributed by atoms with Crippen LogP contribution in [-0.4, -0.2) is 62.3 Å². The Morgan fingerprint density at radius 1 is 1.38 bits per heavy atom. The third kappa shape index (κ3) is 3.11. The summed E-state index contributed by atoms with van der Waals surface area (Å²) < 4.78 is 34.2. The van der Waals surface area contributed by atoms with E-state index in [0.29, 0.717) is 44.4 Å². The standard InChI is InChI=1S/C13H19N3O4S/c1-19-11-2-5-14-12(15-11)16-6-7-20-13(10-16)3-8-21(17,18)9-4-13/h2,5H,3-4,6-10H2,1H3. The van der Waals surface area contributed by atoms with Gasteiger partial charge in [0.25, 0.3) is 0 Å². The van der Waals surface area contributed by atoms with E-state index in [1.165, 1.54) is 0 Å². The number of anilines is 1. The van der Waals surface area contributed by atoms with Gasteiger partial charge in [-0.25, -0.2) is 13.4 Å². The lowest BCUT2D eigenvalue weighted by Gasteiger charge is -2.44. The first-order valence-electron chi connectivity index (χ1n) is 6.98. The van der Waals surface area contributed by atoms with Crippen LogP contribution >= 0.6 is 0 Å². The zero-order valence-corrected chi connectivity index (χ0v) is 12.8. The van der Waals surface area contributed by atoms with Crippen LogP contribution < -0.4 is 9.64 Å². The third-order valence-corrected chi connectivity index (χ3v) is 5.75. The SMILES string of the molecule is COc1ccnc(N2CCOC3(CCS(=O)(=O)CC3)C2)n1. The van der Waals surface area contributed by atoms with Gasteiger partial charge in [-0.15, -0.1) is 0 Å². The Morgan fingerprint density at radius 2 is 2.14 bits per heavy atom. The summed E-state index contributed by atoms with van der Waals surface area (Å²) in [5, 5.41) is 0. The molecule has 0 aliphatic carbocycles. The van der Waals surface area contributed by atoms with E-state index < -0.39 is 15.4 Å². The molecule has 8 heteroatoms. The van der Waals surface area contributed by atoms with Crippen molar-refractivity contribution in [1.82, 2.24) is 9.97 Å². The average molecular weight is 313 g/mol. The molecule has 1 spiro atoms. The van der Waals surface area contributed by atoms with Crippen molar-refractivity contribution in [2.24, 2.45) is 0 Å². The van der Waals surface area contributed by atoms with Crippen LogP contribution in [0.25, 0.3) is 0 Å². The Morgan fingerprint density at radius 3 is 2.86 bits per heavy atom. The molecule has 1 aromatic heterocycles. The Balaban J connectivity index is 1.76. The maximum absolute atomic E-state index is 11.6. The van der Waals surface area contributed by atoms with E-state index in [1.54, 1.807) is 19.4 Å². The summed E-state index contributed by atoms with van der Waals surface area (Å²) in [4.78, 5) is 10.7. The van der Waals surface area contributed by atoms with Gasteiger partial charge in [-0.3, -0.25) is 0 Å². The van der Waals surface area contributed by atoms with Gasteiger partial charge in [-0.2, -0.15) is 4.98 Å². The zero-order chi connectivity index (χ0) is 14.9. The zero-order valence-electron chi connectivity index (χ0n) is 12.0. The predicted molar refractivity (Wildman–Crippen MR) is 77.4 cm³/mol. The first kappa shape index (κ1) is 14.5. The molecule has 0 atom stereocenters. The van der Waals surface area contributed by atoms with Crippen LogP contribution in [-0.2, 0) is 14.6 Å². The van der Waals surface area contributed by atoms with Crippen LogP contribution in [0.5, 0.6) is 5.88 Å². The molecule has 116 valence electrons. The van der Waals surface area contributed by atoms with E-state index in [4.69, 9.17) is 9.47 Å². The second-order valence-corrected chi connectivity index (χ2v) is 7.81. The van der Waals surface area contributed by atoms with Gasteiger partial charge in [-0.1, -0.05) is 0 Å². The molecule has 0 unspecified atom stereocenters. The fourth-order valence-electron chi connectivity index (χ4n) is 2.83. The van der Waals surface area contributed by atoms with Crippen LogP contribution in [0.2, 0.25) is 0 Å². The lowest BCUT2D eigenvalue weighted by molar-refractivity contribution is -0.0620. The van der Waals surface area contributed by atoms with Crippen LogP contribution in [0.1, 0.15) is 12.8 Å². The Hall–Kier alpha value is -1.41. The van der Waals surface area contributed by atoms with Gasteiger partial charge < -0.3 is 14.4 Å².